The van der Waals surface area contributed by atoms with E-state index in [-0.39, 0.29) is 17.2 Å². The summed E-state index contributed by atoms with van der Waals surface area (Å²) in [6.45, 7) is 3.58. The fraction of sp³-hybridized carbons (Fsp3) is 0.250. The number of rotatable bonds is 7. The van der Waals surface area contributed by atoms with E-state index in [0.29, 0.717) is 16.7 Å². The molecule has 0 aliphatic heterocycles. The van der Waals surface area contributed by atoms with Crippen LogP contribution in [0.15, 0.2) is 64.5 Å². The number of aromatic nitrogens is 5. The summed E-state index contributed by atoms with van der Waals surface area (Å²) in [7, 11) is 5.26. The minimum absolute atomic E-state index is 0.265. The Bertz CT molecular complexity index is 1370. The Morgan fingerprint density at radius 1 is 1.06 bits per heavy atom. The van der Waals surface area contributed by atoms with Gasteiger partial charge in [0.1, 0.15) is 11.4 Å². The molecular formula is C24H26N6O3S. The zero-order valence-corrected chi connectivity index (χ0v) is 20.5. The molecule has 1 atom stereocenters. The van der Waals surface area contributed by atoms with Crippen molar-refractivity contribution in [3.63, 3.8) is 0 Å². The maximum atomic E-state index is 13.1. The molecule has 2 heterocycles. The number of benzene rings is 2. The Labute approximate surface area is 201 Å². The van der Waals surface area contributed by atoms with Crippen molar-refractivity contribution < 1.29 is 9.53 Å². The SMILES string of the molecule is COc1ccc(-c2nnc(S[C@H](C)C(=O)Nc3c(C)n(C)n(-c4ccccc4)c3=O)n2C)cc1. The second-order valence-electron chi connectivity index (χ2n) is 7.78. The van der Waals surface area contributed by atoms with E-state index < -0.39 is 5.25 Å². The lowest BCUT2D eigenvalue weighted by atomic mass is 10.2. The van der Waals surface area contributed by atoms with E-state index in [1.807, 2.05) is 66.2 Å². The lowest BCUT2D eigenvalue weighted by Crippen LogP contribution is -2.27. The molecule has 0 spiro atoms. The maximum absolute atomic E-state index is 13.1. The van der Waals surface area contributed by atoms with Crippen molar-refractivity contribution in [3.8, 4) is 22.8 Å². The number of thioether (sulfide) groups is 1. The number of ether oxygens (including phenoxy) is 1. The summed E-state index contributed by atoms with van der Waals surface area (Å²) in [6, 6.07) is 16.8. The van der Waals surface area contributed by atoms with Gasteiger partial charge in [0.2, 0.25) is 5.91 Å². The fourth-order valence-corrected chi connectivity index (χ4v) is 4.37. The van der Waals surface area contributed by atoms with Crippen LogP contribution >= 0.6 is 11.8 Å². The van der Waals surface area contributed by atoms with Crippen LogP contribution in [0.2, 0.25) is 0 Å². The van der Waals surface area contributed by atoms with E-state index >= 15 is 0 Å². The number of amides is 1. The molecule has 176 valence electrons. The topological polar surface area (TPSA) is 96.0 Å². The number of para-hydroxylation sites is 1. The third-order valence-electron chi connectivity index (χ3n) is 5.64. The number of carbonyl (C=O) groups excluding carboxylic acids is 1. The normalized spacial score (nSPS) is 11.9. The number of nitrogens with one attached hydrogen (secondary N) is 1. The highest BCUT2D eigenvalue weighted by molar-refractivity contribution is 8.00. The predicted molar refractivity (Wildman–Crippen MR) is 133 cm³/mol. The van der Waals surface area contributed by atoms with E-state index in [4.69, 9.17) is 4.74 Å². The van der Waals surface area contributed by atoms with Gasteiger partial charge in [0.05, 0.1) is 23.7 Å². The molecule has 2 aromatic carbocycles. The molecule has 0 saturated carbocycles. The molecular weight excluding hydrogens is 452 g/mol. The molecule has 0 saturated heterocycles. The van der Waals surface area contributed by atoms with Crippen LogP contribution < -0.4 is 15.6 Å². The van der Waals surface area contributed by atoms with Gasteiger partial charge in [-0.15, -0.1) is 10.2 Å². The van der Waals surface area contributed by atoms with Crippen LogP contribution in [0.4, 0.5) is 5.69 Å². The second-order valence-corrected chi connectivity index (χ2v) is 9.09. The van der Waals surface area contributed by atoms with Gasteiger partial charge in [-0.05, 0) is 50.2 Å². The quantitative estimate of drug-likeness (QED) is 0.409. The molecule has 0 aliphatic carbocycles. The molecule has 0 unspecified atom stereocenters. The van der Waals surface area contributed by atoms with Crippen molar-refractivity contribution in [1.29, 1.82) is 0 Å². The Hall–Kier alpha value is -3.79. The van der Waals surface area contributed by atoms with Crippen LogP contribution in [-0.4, -0.2) is 42.4 Å². The zero-order chi connectivity index (χ0) is 24.4. The van der Waals surface area contributed by atoms with Gasteiger partial charge in [-0.3, -0.25) is 14.3 Å². The first-order valence-electron chi connectivity index (χ1n) is 10.7. The monoisotopic (exact) mass is 478 g/mol. The smallest absolute Gasteiger partial charge is 0.295 e. The summed E-state index contributed by atoms with van der Waals surface area (Å²) in [5.74, 6) is 1.15. The van der Waals surface area contributed by atoms with Gasteiger partial charge in [-0.2, -0.15) is 0 Å². The first-order chi connectivity index (χ1) is 16.3. The number of methoxy groups -OCH3 is 1. The van der Waals surface area contributed by atoms with Crippen LogP contribution in [0.5, 0.6) is 5.75 Å². The third kappa shape index (κ3) is 4.36. The highest BCUT2D eigenvalue weighted by atomic mass is 32.2. The summed E-state index contributed by atoms with van der Waals surface area (Å²) < 4.78 is 10.3. The minimum atomic E-state index is -0.504. The van der Waals surface area contributed by atoms with Gasteiger partial charge in [0, 0.05) is 19.7 Å². The van der Waals surface area contributed by atoms with Crippen LogP contribution in [0.25, 0.3) is 17.1 Å². The molecule has 34 heavy (non-hydrogen) atoms. The van der Waals surface area contributed by atoms with Crippen molar-refractivity contribution in [2.45, 2.75) is 24.3 Å². The minimum Gasteiger partial charge on any atom is -0.497 e. The lowest BCUT2D eigenvalue weighted by Gasteiger charge is -2.11. The number of anilines is 1. The molecule has 10 heteroatoms. The first-order valence-corrected chi connectivity index (χ1v) is 11.5. The fourth-order valence-electron chi connectivity index (χ4n) is 3.56. The van der Waals surface area contributed by atoms with Gasteiger partial charge in [0.25, 0.3) is 5.56 Å². The van der Waals surface area contributed by atoms with Crippen LogP contribution in [0.3, 0.4) is 0 Å². The summed E-state index contributed by atoms with van der Waals surface area (Å²) >= 11 is 1.28. The first kappa shape index (κ1) is 23.4. The average Bonchev–Trinajstić information content (AvgIpc) is 3.31. The Morgan fingerprint density at radius 3 is 2.38 bits per heavy atom. The molecule has 0 aliphatic rings. The summed E-state index contributed by atoms with van der Waals surface area (Å²) in [4.78, 5) is 26.0. The van der Waals surface area contributed by atoms with E-state index in [2.05, 4.69) is 15.5 Å². The predicted octanol–water partition coefficient (Wildman–Crippen LogP) is 3.41. The summed E-state index contributed by atoms with van der Waals surface area (Å²) in [6.07, 6.45) is 0. The highest BCUT2D eigenvalue weighted by Crippen LogP contribution is 2.27. The van der Waals surface area contributed by atoms with Crippen LogP contribution in [0.1, 0.15) is 12.6 Å². The Balaban J connectivity index is 1.51. The molecule has 9 nitrogen and oxygen atoms in total. The van der Waals surface area contributed by atoms with Crippen LogP contribution in [0, 0.1) is 6.92 Å². The molecule has 1 N–H and O–H groups in total. The van der Waals surface area contributed by atoms with Gasteiger partial charge in [-0.25, -0.2) is 4.68 Å². The number of nitrogens with zero attached hydrogens (tertiary/aromatic N) is 5. The molecule has 4 aromatic rings. The maximum Gasteiger partial charge on any atom is 0.295 e. The Morgan fingerprint density at radius 2 is 1.74 bits per heavy atom. The average molecular weight is 479 g/mol. The standard InChI is InChI=1S/C24H26N6O3S/c1-15-20(23(32)30(29(15)4)18-9-7-6-8-10-18)25-22(31)16(2)34-24-27-26-21(28(24)3)17-11-13-19(33-5)14-12-17/h6-14,16H,1-5H3,(H,25,31)/t16-/m1/s1. The molecule has 2 aromatic heterocycles. The summed E-state index contributed by atoms with van der Waals surface area (Å²) in [5, 5.41) is 11.4. The van der Waals surface area contributed by atoms with E-state index in [0.717, 1.165) is 17.0 Å². The van der Waals surface area contributed by atoms with Crippen molar-refractivity contribution in [1.82, 2.24) is 24.1 Å². The van der Waals surface area contributed by atoms with Crippen LogP contribution in [-0.2, 0) is 18.9 Å². The number of hydrogen-bond acceptors (Lipinski definition) is 6. The molecule has 4 rings (SSSR count). The Kier molecular flexibility index (Phi) is 6.60. The molecule has 0 radical (unpaired) electrons. The van der Waals surface area contributed by atoms with E-state index in [1.54, 1.807) is 32.7 Å². The number of hydrogen-bond donors (Lipinski definition) is 1. The van der Waals surface area contributed by atoms with E-state index in [9.17, 15) is 9.59 Å². The summed E-state index contributed by atoms with van der Waals surface area (Å²) in [5.41, 5.74) is 2.27. The van der Waals surface area contributed by atoms with Crippen molar-refractivity contribution in [3.05, 3.63) is 70.6 Å². The molecule has 0 bridgehead atoms. The number of carbonyl (C=O) groups is 1. The molecule has 1 amide bonds. The van der Waals surface area contributed by atoms with Crippen molar-refractivity contribution >= 4 is 23.4 Å². The van der Waals surface area contributed by atoms with Gasteiger partial charge >= 0.3 is 0 Å². The largest absolute Gasteiger partial charge is 0.497 e. The van der Waals surface area contributed by atoms with Crippen molar-refractivity contribution in [2.24, 2.45) is 14.1 Å². The van der Waals surface area contributed by atoms with Gasteiger partial charge in [-0.1, -0.05) is 30.0 Å². The highest BCUT2D eigenvalue weighted by Gasteiger charge is 2.23. The van der Waals surface area contributed by atoms with Crippen molar-refractivity contribution in [2.75, 3.05) is 12.4 Å². The van der Waals surface area contributed by atoms with E-state index in [1.165, 1.54) is 16.4 Å². The van der Waals surface area contributed by atoms with Gasteiger partial charge < -0.3 is 14.6 Å². The second kappa shape index (κ2) is 9.60. The lowest BCUT2D eigenvalue weighted by molar-refractivity contribution is -0.115. The third-order valence-corrected chi connectivity index (χ3v) is 6.77. The zero-order valence-electron chi connectivity index (χ0n) is 19.6. The van der Waals surface area contributed by atoms with Gasteiger partial charge in [0.15, 0.2) is 11.0 Å². The molecule has 0 fully saturated rings.